The van der Waals surface area contributed by atoms with Crippen LogP contribution in [0, 0.1) is 17.3 Å². The van der Waals surface area contributed by atoms with Crippen molar-refractivity contribution in [3.63, 3.8) is 0 Å². The third-order valence-corrected chi connectivity index (χ3v) is 6.31. The molecule has 0 radical (unpaired) electrons. The summed E-state index contributed by atoms with van der Waals surface area (Å²) < 4.78 is 38.6. The molecule has 1 fully saturated rings. The molecule has 0 saturated heterocycles. The quantitative estimate of drug-likeness (QED) is 0.814. The topological polar surface area (TPSA) is 81.7 Å². The molecule has 2 aliphatic rings. The van der Waals surface area contributed by atoms with Crippen molar-refractivity contribution in [3.05, 3.63) is 29.8 Å². The molecule has 142 valence electrons. The van der Waals surface area contributed by atoms with E-state index in [0.717, 1.165) is 12.0 Å². The van der Waals surface area contributed by atoms with E-state index >= 15 is 0 Å². The summed E-state index contributed by atoms with van der Waals surface area (Å²) in [6, 6.07) is 4.39. The number of fused-ring (bicyclic) bond motifs is 1. The van der Waals surface area contributed by atoms with E-state index in [2.05, 4.69) is 4.72 Å². The molecular weight excluding hydrogens is 354 g/mol. The molecule has 1 saturated carbocycles. The molecule has 1 aliphatic heterocycles. The summed E-state index contributed by atoms with van der Waals surface area (Å²) in [5, 5.41) is 0. The fraction of sp³-hybridized carbons (Fsp3) is 0.526. The second-order valence-electron chi connectivity index (χ2n) is 7.70. The van der Waals surface area contributed by atoms with Crippen LogP contribution in [0.4, 0.5) is 0 Å². The van der Waals surface area contributed by atoms with E-state index in [0.29, 0.717) is 24.7 Å². The molecule has 0 unspecified atom stereocenters. The van der Waals surface area contributed by atoms with E-state index in [1.165, 1.54) is 12.1 Å². The summed E-state index contributed by atoms with van der Waals surface area (Å²) in [6.07, 6.45) is 2.76. The Balaban J connectivity index is 1.78. The number of sulfonamides is 1. The molecule has 3 rings (SSSR count). The van der Waals surface area contributed by atoms with Gasteiger partial charge in [0.05, 0.1) is 24.0 Å². The van der Waals surface area contributed by atoms with E-state index in [9.17, 15) is 13.2 Å². The predicted octanol–water partition coefficient (Wildman–Crippen LogP) is 2.89. The smallest absolute Gasteiger partial charge is 0.264 e. The van der Waals surface area contributed by atoms with Crippen LogP contribution in [0.25, 0.3) is 0 Å². The summed E-state index contributed by atoms with van der Waals surface area (Å²) in [7, 11) is -3.97. The number of nitrogens with one attached hydrogen (secondary N) is 1. The zero-order valence-corrected chi connectivity index (χ0v) is 16.4. The minimum Gasteiger partial charge on any atom is -0.490 e. The SMILES string of the molecule is CC(C)=C[C@H]1[C@@H](C(=O)NS(=O)(=O)c2ccc3c(c2)OCCCO3)C1(C)C. The Hall–Kier alpha value is -2.02. The van der Waals surface area contributed by atoms with Crippen molar-refractivity contribution in [2.75, 3.05) is 13.2 Å². The third kappa shape index (κ3) is 3.58. The molecule has 1 aliphatic carbocycles. The Kier molecular flexibility index (Phi) is 4.77. The van der Waals surface area contributed by atoms with Gasteiger partial charge in [0.2, 0.25) is 5.91 Å². The van der Waals surface area contributed by atoms with E-state index in [1.807, 2.05) is 33.8 Å². The number of ether oxygens (including phenoxy) is 2. The molecule has 1 amide bonds. The van der Waals surface area contributed by atoms with Crippen molar-refractivity contribution in [2.45, 2.75) is 39.0 Å². The first-order valence-corrected chi connectivity index (χ1v) is 10.2. The van der Waals surface area contributed by atoms with Gasteiger partial charge < -0.3 is 9.47 Å². The Labute approximate surface area is 154 Å². The van der Waals surface area contributed by atoms with Gasteiger partial charge >= 0.3 is 0 Å². The fourth-order valence-electron chi connectivity index (χ4n) is 3.41. The molecule has 26 heavy (non-hydrogen) atoms. The van der Waals surface area contributed by atoms with Gasteiger partial charge in [0, 0.05) is 12.5 Å². The lowest BCUT2D eigenvalue weighted by Crippen LogP contribution is -2.33. The van der Waals surface area contributed by atoms with Crippen molar-refractivity contribution in [3.8, 4) is 11.5 Å². The molecule has 2 atom stereocenters. The minimum absolute atomic E-state index is 0.00711. The number of benzene rings is 1. The molecule has 7 heteroatoms. The first kappa shape index (κ1) is 18.8. The molecular formula is C19H25NO5S. The third-order valence-electron chi connectivity index (χ3n) is 4.97. The van der Waals surface area contributed by atoms with Gasteiger partial charge in [-0.25, -0.2) is 13.1 Å². The number of amides is 1. The van der Waals surface area contributed by atoms with Gasteiger partial charge in [-0.05, 0) is 37.3 Å². The van der Waals surface area contributed by atoms with Gasteiger partial charge in [-0.15, -0.1) is 0 Å². The van der Waals surface area contributed by atoms with Crippen LogP contribution >= 0.6 is 0 Å². The predicted molar refractivity (Wildman–Crippen MR) is 97.6 cm³/mol. The van der Waals surface area contributed by atoms with Crippen molar-refractivity contribution in [1.82, 2.24) is 4.72 Å². The maximum atomic E-state index is 12.6. The van der Waals surface area contributed by atoms with Gasteiger partial charge in [0.15, 0.2) is 11.5 Å². The Bertz CT molecular complexity index is 853. The second kappa shape index (κ2) is 6.61. The van der Waals surface area contributed by atoms with Crippen molar-refractivity contribution < 1.29 is 22.7 Å². The van der Waals surface area contributed by atoms with E-state index in [1.54, 1.807) is 6.07 Å². The van der Waals surface area contributed by atoms with Crippen molar-refractivity contribution in [2.24, 2.45) is 17.3 Å². The van der Waals surface area contributed by atoms with Crippen LogP contribution in [0.1, 0.15) is 34.1 Å². The summed E-state index contributed by atoms with van der Waals surface area (Å²) in [6.45, 7) is 8.88. The van der Waals surface area contributed by atoms with Gasteiger partial charge in [-0.3, -0.25) is 4.79 Å². The highest BCUT2D eigenvalue weighted by Gasteiger charge is 2.60. The molecule has 1 heterocycles. The monoisotopic (exact) mass is 379 g/mol. The van der Waals surface area contributed by atoms with Crippen LogP contribution < -0.4 is 14.2 Å². The van der Waals surface area contributed by atoms with Gasteiger partial charge in [0.25, 0.3) is 10.0 Å². The van der Waals surface area contributed by atoms with Crippen LogP contribution in [-0.4, -0.2) is 27.5 Å². The number of hydrogen-bond donors (Lipinski definition) is 1. The van der Waals surface area contributed by atoms with Gasteiger partial charge in [0.1, 0.15) is 0 Å². The molecule has 0 aromatic heterocycles. The summed E-state index contributed by atoms with van der Waals surface area (Å²) in [5.41, 5.74) is 0.867. The Morgan fingerprint density at radius 2 is 1.85 bits per heavy atom. The summed E-state index contributed by atoms with van der Waals surface area (Å²) >= 11 is 0. The number of allylic oxidation sites excluding steroid dienone is 2. The van der Waals surface area contributed by atoms with Crippen LogP contribution in [0.2, 0.25) is 0 Å². The average Bonchev–Trinajstić information content (AvgIpc) is 3.15. The van der Waals surface area contributed by atoms with Crippen LogP contribution in [-0.2, 0) is 14.8 Å². The molecule has 1 N–H and O–H groups in total. The van der Waals surface area contributed by atoms with Crippen molar-refractivity contribution in [1.29, 1.82) is 0 Å². The van der Waals surface area contributed by atoms with Gasteiger partial charge in [-0.1, -0.05) is 25.5 Å². The second-order valence-corrected chi connectivity index (χ2v) is 9.38. The standard InChI is InChI=1S/C19H25NO5S/c1-12(2)10-14-17(19(14,3)4)18(21)20-26(22,23)13-6-7-15-16(11-13)25-9-5-8-24-15/h6-7,10-11,14,17H,5,8-9H2,1-4H3,(H,20,21)/t14-,17-/m0/s1. The molecule has 1 aromatic carbocycles. The lowest BCUT2D eigenvalue weighted by Gasteiger charge is -2.11. The average molecular weight is 379 g/mol. The number of carbonyl (C=O) groups excluding carboxylic acids is 1. The number of rotatable bonds is 4. The molecule has 1 aromatic rings. The largest absolute Gasteiger partial charge is 0.490 e. The number of carbonyl (C=O) groups is 1. The molecule has 0 spiro atoms. The highest BCUT2D eigenvalue weighted by molar-refractivity contribution is 7.90. The Morgan fingerprint density at radius 3 is 2.50 bits per heavy atom. The number of hydrogen-bond acceptors (Lipinski definition) is 5. The lowest BCUT2D eigenvalue weighted by atomic mass is 10.1. The normalized spacial score (nSPS) is 23.5. The molecule has 6 nitrogen and oxygen atoms in total. The minimum atomic E-state index is -3.97. The Morgan fingerprint density at radius 1 is 1.19 bits per heavy atom. The highest BCUT2D eigenvalue weighted by atomic mass is 32.2. The zero-order chi connectivity index (χ0) is 19.1. The zero-order valence-electron chi connectivity index (χ0n) is 15.5. The van der Waals surface area contributed by atoms with E-state index in [-0.39, 0.29) is 22.1 Å². The van der Waals surface area contributed by atoms with E-state index < -0.39 is 15.9 Å². The summed E-state index contributed by atoms with van der Waals surface area (Å²) in [5.74, 6) is 0.121. The van der Waals surface area contributed by atoms with E-state index in [4.69, 9.17) is 9.47 Å². The highest BCUT2D eigenvalue weighted by Crippen LogP contribution is 2.59. The lowest BCUT2D eigenvalue weighted by molar-refractivity contribution is -0.121. The maximum absolute atomic E-state index is 12.6. The van der Waals surface area contributed by atoms with Crippen LogP contribution in [0.15, 0.2) is 34.7 Å². The van der Waals surface area contributed by atoms with Crippen LogP contribution in [0.5, 0.6) is 11.5 Å². The summed E-state index contributed by atoms with van der Waals surface area (Å²) in [4.78, 5) is 12.6. The maximum Gasteiger partial charge on any atom is 0.264 e. The van der Waals surface area contributed by atoms with Gasteiger partial charge in [-0.2, -0.15) is 0 Å². The van der Waals surface area contributed by atoms with Crippen molar-refractivity contribution >= 4 is 15.9 Å². The fourth-order valence-corrected chi connectivity index (χ4v) is 4.43. The molecule has 0 bridgehead atoms. The first-order chi connectivity index (χ1) is 12.1. The first-order valence-electron chi connectivity index (χ1n) is 8.74. The van der Waals surface area contributed by atoms with Crippen LogP contribution in [0.3, 0.4) is 0 Å².